The lowest BCUT2D eigenvalue weighted by Crippen LogP contribution is -2.58. The summed E-state index contributed by atoms with van der Waals surface area (Å²) in [6.45, 7) is 0. The lowest BCUT2D eigenvalue weighted by Gasteiger charge is -2.50. The van der Waals surface area contributed by atoms with Crippen LogP contribution in [0.3, 0.4) is 0 Å². The highest BCUT2D eigenvalue weighted by atomic mass is 16.8. The zero-order valence-corrected chi connectivity index (χ0v) is 13.9. The molecule has 1 atom stereocenters. The third kappa shape index (κ3) is 2.06. The molecule has 0 aromatic carbocycles. The van der Waals surface area contributed by atoms with E-state index in [4.69, 9.17) is 9.82 Å². The third-order valence-electron chi connectivity index (χ3n) is 6.65. The molecule has 5 aliphatic rings. The van der Waals surface area contributed by atoms with E-state index in [1.165, 1.54) is 62.5 Å². The van der Waals surface area contributed by atoms with Crippen LogP contribution in [0.2, 0.25) is 0 Å². The van der Waals surface area contributed by atoms with E-state index in [1.54, 1.807) is 0 Å². The second-order valence-corrected chi connectivity index (χ2v) is 7.81. The SMILES string of the molecule is CN1N(c2cc3c(cn2)CCCC3)NOC12CC1CCC2CC1. The van der Waals surface area contributed by atoms with E-state index in [-0.39, 0.29) is 5.72 Å². The molecule has 5 heteroatoms. The van der Waals surface area contributed by atoms with Crippen LogP contribution in [0, 0.1) is 11.8 Å². The number of nitrogens with one attached hydrogen (secondary N) is 1. The van der Waals surface area contributed by atoms with Crippen molar-refractivity contribution in [1.29, 1.82) is 0 Å². The van der Waals surface area contributed by atoms with Gasteiger partial charge in [-0.1, -0.05) is 5.59 Å². The lowest BCUT2D eigenvalue weighted by molar-refractivity contribution is -0.193. The molecule has 1 aromatic rings. The Labute approximate surface area is 137 Å². The molecule has 3 saturated carbocycles. The van der Waals surface area contributed by atoms with E-state index in [0.29, 0.717) is 5.92 Å². The normalized spacial score (nSPS) is 36.7. The van der Waals surface area contributed by atoms with E-state index in [1.807, 2.05) is 5.12 Å². The second-order valence-electron chi connectivity index (χ2n) is 7.81. The first kappa shape index (κ1) is 14.2. The number of rotatable bonds is 1. The van der Waals surface area contributed by atoms with Crippen molar-refractivity contribution < 1.29 is 4.84 Å². The fourth-order valence-corrected chi connectivity index (χ4v) is 5.26. The number of hydrazine groups is 2. The molecule has 4 aliphatic carbocycles. The molecule has 1 spiro atoms. The van der Waals surface area contributed by atoms with Gasteiger partial charge in [0, 0.05) is 19.2 Å². The van der Waals surface area contributed by atoms with Crippen LogP contribution in [0.1, 0.15) is 56.1 Å². The Balaban J connectivity index is 1.44. The van der Waals surface area contributed by atoms with Crippen molar-refractivity contribution in [1.82, 2.24) is 15.6 Å². The minimum Gasteiger partial charge on any atom is -0.256 e. The molecule has 1 aromatic heterocycles. The van der Waals surface area contributed by atoms with Gasteiger partial charge in [-0.2, -0.15) is 10.1 Å². The van der Waals surface area contributed by atoms with Gasteiger partial charge in [-0.15, -0.1) is 0 Å². The van der Waals surface area contributed by atoms with Crippen LogP contribution in [-0.2, 0) is 17.7 Å². The molecule has 23 heavy (non-hydrogen) atoms. The van der Waals surface area contributed by atoms with Crippen LogP contribution in [0.25, 0.3) is 0 Å². The van der Waals surface area contributed by atoms with Crippen molar-refractivity contribution in [3.05, 3.63) is 23.4 Å². The summed E-state index contributed by atoms with van der Waals surface area (Å²) in [5.74, 6) is 2.42. The van der Waals surface area contributed by atoms with Gasteiger partial charge in [0.15, 0.2) is 11.5 Å². The maximum atomic E-state index is 6.20. The summed E-state index contributed by atoms with van der Waals surface area (Å²) in [6, 6.07) is 2.25. The van der Waals surface area contributed by atoms with Crippen molar-refractivity contribution in [2.45, 2.75) is 63.5 Å². The Morgan fingerprint density at radius 3 is 2.70 bits per heavy atom. The van der Waals surface area contributed by atoms with Gasteiger partial charge in [0.25, 0.3) is 0 Å². The quantitative estimate of drug-likeness (QED) is 0.863. The highest BCUT2D eigenvalue weighted by Gasteiger charge is 2.56. The number of aryl methyl sites for hydroxylation is 2. The number of pyridine rings is 1. The molecular formula is C18H26N4O. The minimum absolute atomic E-state index is 0.168. The highest BCUT2D eigenvalue weighted by molar-refractivity contribution is 5.43. The monoisotopic (exact) mass is 314 g/mol. The maximum Gasteiger partial charge on any atom is 0.165 e. The minimum atomic E-state index is -0.168. The molecule has 2 heterocycles. The molecule has 1 saturated heterocycles. The van der Waals surface area contributed by atoms with Gasteiger partial charge in [-0.3, -0.25) is 4.84 Å². The van der Waals surface area contributed by atoms with Crippen molar-refractivity contribution >= 4 is 5.82 Å². The Morgan fingerprint density at radius 1 is 1.17 bits per heavy atom. The third-order valence-corrected chi connectivity index (χ3v) is 6.65. The predicted octanol–water partition coefficient (Wildman–Crippen LogP) is 2.97. The summed E-state index contributed by atoms with van der Waals surface area (Å²) >= 11 is 0. The van der Waals surface area contributed by atoms with Crippen LogP contribution >= 0.6 is 0 Å². The first-order valence-electron chi connectivity index (χ1n) is 9.21. The smallest absolute Gasteiger partial charge is 0.165 e. The fourth-order valence-electron chi connectivity index (χ4n) is 5.26. The molecule has 1 aliphatic heterocycles. The van der Waals surface area contributed by atoms with Gasteiger partial charge < -0.3 is 0 Å². The molecule has 0 amide bonds. The summed E-state index contributed by atoms with van der Waals surface area (Å²) in [7, 11) is 2.15. The summed E-state index contributed by atoms with van der Waals surface area (Å²) in [6.07, 6.45) is 13.5. The molecule has 2 bridgehead atoms. The molecule has 0 radical (unpaired) electrons. The van der Waals surface area contributed by atoms with Crippen LogP contribution < -0.4 is 10.7 Å². The summed E-state index contributed by atoms with van der Waals surface area (Å²) in [4.78, 5) is 10.9. The average Bonchev–Trinajstić information content (AvgIpc) is 2.92. The second kappa shape index (κ2) is 5.16. The molecule has 124 valence electrons. The van der Waals surface area contributed by atoms with Crippen LogP contribution in [0.15, 0.2) is 12.3 Å². The number of aromatic nitrogens is 1. The number of anilines is 1. The Hall–Kier alpha value is -1.17. The van der Waals surface area contributed by atoms with Crippen LogP contribution in [0.4, 0.5) is 5.82 Å². The Morgan fingerprint density at radius 2 is 1.96 bits per heavy atom. The first-order valence-corrected chi connectivity index (χ1v) is 9.21. The number of hydrogen-bond acceptors (Lipinski definition) is 5. The van der Waals surface area contributed by atoms with Gasteiger partial charge in [-0.05, 0) is 80.9 Å². The molecule has 1 N–H and O–H groups in total. The highest BCUT2D eigenvalue weighted by Crippen LogP contribution is 2.52. The van der Waals surface area contributed by atoms with Gasteiger partial charge >= 0.3 is 0 Å². The van der Waals surface area contributed by atoms with E-state index in [0.717, 1.165) is 18.2 Å². The average molecular weight is 314 g/mol. The topological polar surface area (TPSA) is 40.6 Å². The Bertz CT molecular complexity index is 613. The van der Waals surface area contributed by atoms with Crippen molar-refractivity contribution in [3.8, 4) is 0 Å². The van der Waals surface area contributed by atoms with E-state index in [9.17, 15) is 0 Å². The van der Waals surface area contributed by atoms with Crippen LogP contribution in [-0.4, -0.2) is 22.8 Å². The van der Waals surface area contributed by atoms with E-state index >= 15 is 0 Å². The van der Waals surface area contributed by atoms with E-state index in [2.05, 4.69) is 29.9 Å². The van der Waals surface area contributed by atoms with Crippen molar-refractivity contribution in [2.24, 2.45) is 11.8 Å². The van der Waals surface area contributed by atoms with Crippen LogP contribution in [0.5, 0.6) is 0 Å². The summed E-state index contributed by atoms with van der Waals surface area (Å²) < 4.78 is 0. The number of hydrogen-bond donors (Lipinski definition) is 1. The van der Waals surface area contributed by atoms with Gasteiger partial charge in [0.05, 0.1) is 0 Å². The van der Waals surface area contributed by atoms with Gasteiger partial charge in [0.2, 0.25) is 0 Å². The molecule has 4 fully saturated rings. The number of fused-ring (bicyclic) bond motifs is 3. The summed E-state index contributed by atoms with van der Waals surface area (Å²) in [5.41, 5.74) is 5.89. The fraction of sp³-hybridized carbons (Fsp3) is 0.722. The zero-order chi connectivity index (χ0) is 15.4. The zero-order valence-electron chi connectivity index (χ0n) is 13.9. The molecule has 6 rings (SSSR count). The standard InChI is InChI=1S/C18H26N4O/c1-21-18(11-13-6-8-16(18)9-7-13)23-20-22(21)17-10-14-4-2-3-5-15(14)12-19-17/h10,12-13,16,20H,2-9,11H2,1H3. The van der Waals surface area contributed by atoms with Crippen molar-refractivity contribution in [3.63, 3.8) is 0 Å². The molecular weight excluding hydrogens is 288 g/mol. The number of nitrogens with zero attached hydrogens (tertiary/aromatic N) is 3. The van der Waals surface area contributed by atoms with Gasteiger partial charge in [0.1, 0.15) is 0 Å². The molecule has 5 nitrogen and oxygen atoms in total. The van der Waals surface area contributed by atoms with Gasteiger partial charge in [-0.25, -0.2) is 4.98 Å². The first-order chi connectivity index (χ1) is 11.3. The Kier molecular flexibility index (Phi) is 3.19. The summed E-state index contributed by atoms with van der Waals surface area (Å²) in [5, 5.41) is 4.30. The lowest BCUT2D eigenvalue weighted by atomic mass is 9.65. The molecule has 1 unspecified atom stereocenters. The largest absolute Gasteiger partial charge is 0.256 e. The maximum absolute atomic E-state index is 6.20. The predicted molar refractivity (Wildman–Crippen MR) is 88.1 cm³/mol. The van der Waals surface area contributed by atoms with E-state index < -0.39 is 0 Å². The van der Waals surface area contributed by atoms with Crippen molar-refractivity contribution in [2.75, 3.05) is 12.2 Å².